The molecule has 1 fully saturated rings. The van der Waals surface area contributed by atoms with Crippen molar-refractivity contribution in [1.82, 2.24) is 0 Å². The van der Waals surface area contributed by atoms with Crippen molar-refractivity contribution in [2.24, 2.45) is 10.4 Å². The first-order valence-corrected chi connectivity index (χ1v) is 10.8. The third-order valence-electron chi connectivity index (χ3n) is 7.17. The fourth-order valence-corrected chi connectivity index (χ4v) is 5.12. The van der Waals surface area contributed by atoms with E-state index in [-0.39, 0.29) is 10.8 Å². The van der Waals surface area contributed by atoms with Crippen LogP contribution in [-0.2, 0) is 10.2 Å². The molecule has 1 atom stereocenters. The molecule has 1 aliphatic carbocycles. The van der Waals surface area contributed by atoms with Gasteiger partial charge in [0.2, 0.25) is 0 Å². The molecule has 3 aliphatic rings. The Morgan fingerprint density at radius 2 is 1.82 bits per heavy atom. The molecule has 2 heterocycles. The SMILES string of the molecule is C[C@H]1N(C)c2cc(N=C3C=C([NH+]4CCOCC4)CC(C)(C)C3)ccc2C1(C)C. The van der Waals surface area contributed by atoms with Crippen molar-refractivity contribution in [3.05, 3.63) is 35.5 Å². The predicted octanol–water partition coefficient (Wildman–Crippen LogP) is 3.49. The monoisotopic (exact) mass is 382 g/mol. The molecular formula is C24H36N3O+. The van der Waals surface area contributed by atoms with Gasteiger partial charge in [-0.1, -0.05) is 33.8 Å². The van der Waals surface area contributed by atoms with Crippen LogP contribution in [0.4, 0.5) is 11.4 Å². The van der Waals surface area contributed by atoms with Crippen LogP contribution in [0.1, 0.15) is 53.0 Å². The lowest BCUT2D eigenvalue weighted by Gasteiger charge is -2.34. The van der Waals surface area contributed by atoms with Gasteiger partial charge >= 0.3 is 0 Å². The van der Waals surface area contributed by atoms with Gasteiger partial charge < -0.3 is 14.5 Å². The van der Waals surface area contributed by atoms with Crippen LogP contribution in [0.25, 0.3) is 0 Å². The fraction of sp³-hybridized carbons (Fsp3) is 0.625. The van der Waals surface area contributed by atoms with E-state index < -0.39 is 0 Å². The molecule has 0 unspecified atom stereocenters. The molecule has 0 amide bonds. The number of anilines is 1. The lowest BCUT2D eigenvalue weighted by Crippen LogP contribution is -3.12. The minimum Gasteiger partial charge on any atom is -0.371 e. The molecule has 152 valence electrons. The number of ether oxygens (including phenoxy) is 1. The van der Waals surface area contributed by atoms with Crippen LogP contribution in [-0.4, -0.2) is 45.1 Å². The highest BCUT2D eigenvalue weighted by molar-refractivity contribution is 5.98. The Labute approximate surface area is 170 Å². The van der Waals surface area contributed by atoms with E-state index in [1.54, 1.807) is 4.90 Å². The molecule has 0 spiro atoms. The average Bonchev–Trinajstić information content (AvgIpc) is 2.81. The van der Waals surface area contributed by atoms with E-state index >= 15 is 0 Å². The quantitative estimate of drug-likeness (QED) is 0.848. The summed E-state index contributed by atoms with van der Waals surface area (Å²) in [6.45, 7) is 15.6. The number of likely N-dealkylation sites (N-methyl/N-ethyl adjacent to an activating group) is 1. The Kier molecular flexibility index (Phi) is 4.91. The van der Waals surface area contributed by atoms with Crippen LogP contribution in [0.3, 0.4) is 0 Å². The summed E-state index contributed by atoms with van der Waals surface area (Å²) in [4.78, 5) is 9.10. The van der Waals surface area contributed by atoms with Gasteiger partial charge in [0.15, 0.2) is 0 Å². The minimum atomic E-state index is 0.176. The second-order valence-electron chi connectivity index (χ2n) is 10.2. The summed E-state index contributed by atoms with van der Waals surface area (Å²) < 4.78 is 5.56. The molecule has 1 N–H and O–H groups in total. The van der Waals surface area contributed by atoms with Gasteiger partial charge in [0.05, 0.1) is 18.9 Å². The largest absolute Gasteiger partial charge is 0.371 e. The number of quaternary nitrogens is 1. The number of fused-ring (bicyclic) bond motifs is 1. The molecule has 1 saturated heterocycles. The summed E-state index contributed by atoms with van der Waals surface area (Å²) >= 11 is 0. The summed E-state index contributed by atoms with van der Waals surface area (Å²) in [5, 5.41) is 0. The van der Waals surface area contributed by atoms with Gasteiger partial charge in [-0.05, 0) is 36.5 Å². The van der Waals surface area contributed by atoms with Crippen LogP contribution in [0.5, 0.6) is 0 Å². The van der Waals surface area contributed by atoms with Gasteiger partial charge in [-0.2, -0.15) is 0 Å². The normalized spacial score (nSPS) is 28.4. The van der Waals surface area contributed by atoms with Gasteiger partial charge in [0.25, 0.3) is 0 Å². The first-order valence-electron chi connectivity index (χ1n) is 10.8. The first kappa shape index (κ1) is 19.7. The summed E-state index contributed by atoms with van der Waals surface area (Å²) in [7, 11) is 2.21. The molecule has 4 rings (SSSR count). The number of nitrogens with one attached hydrogen (secondary N) is 1. The maximum absolute atomic E-state index is 5.56. The zero-order chi connectivity index (χ0) is 20.1. The Bertz CT molecular complexity index is 815. The average molecular weight is 383 g/mol. The number of allylic oxidation sites excluding steroid dienone is 2. The summed E-state index contributed by atoms with van der Waals surface area (Å²) in [6.07, 6.45) is 4.56. The number of hydrogen-bond acceptors (Lipinski definition) is 3. The van der Waals surface area contributed by atoms with Crippen molar-refractivity contribution in [3.8, 4) is 0 Å². The zero-order valence-electron chi connectivity index (χ0n) is 18.4. The van der Waals surface area contributed by atoms with E-state index in [1.165, 1.54) is 22.7 Å². The molecule has 1 aromatic rings. The van der Waals surface area contributed by atoms with Crippen LogP contribution >= 0.6 is 0 Å². The number of aliphatic imine (C=N–C) groups is 1. The van der Waals surface area contributed by atoms with Gasteiger partial charge in [-0.25, -0.2) is 0 Å². The van der Waals surface area contributed by atoms with E-state index in [0.717, 1.165) is 44.8 Å². The highest BCUT2D eigenvalue weighted by atomic mass is 16.5. The molecule has 4 nitrogen and oxygen atoms in total. The van der Waals surface area contributed by atoms with Crippen molar-refractivity contribution in [3.63, 3.8) is 0 Å². The van der Waals surface area contributed by atoms with Crippen molar-refractivity contribution in [2.75, 3.05) is 38.3 Å². The van der Waals surface area contributed by atoms with Gasteiger partial charge in [-0.3, -0.25) is 4.99 Å². The van der Waals surface area contributed by atoms with Crippen molar-refractivity contribution in [1.29, 1.82) is 0 Å². The second kappa shape index (κ2) is 7.00. The molecule has 0 aromatic heterocycles. The molecule has 0 saturated carbocycles. The van der Waals surface area contributed by atoms with Gasteiger partial charge in [-0.15, -0.1) is 0 Å². The molecular weight excluding hydrogens is 346 g/mol. The maximum Gasteiger partial charge on any atom is 0.110 e. The van der Waals surface area contributed by atoms with Gasteiger partial charge in [0, 0.05) is 42.4 Å². The van der Waals surface area contributed by atoms with E-state index in [1.807, 2.05) is 0 Å². The molecule has 1 aromatic carbocycles. The van der Waals surface area contributed by atoms with Crippen LogP contribution in [0.15, 0.2) is 35.0 Å². The Balaban J connectivity index is 1.66. The molecule has 28 heavy (non-hydrogen) atoms. The third kappa shape index (κ3) is 3.53. The lowest BCUT2D eigenvalue weighted by atomic mass is 9.78. The summed E-state index contributed by atoms with van der Waals surface area (Å²) in [6, 6.07) is 7.27. The van der Waals surface area contributed by atoms with E-state index in [2.05, 4.69) is 70.8 Å². The fourth-order valence-electron chi connectivity index (χ4n) is 5.12. The Morgan fingerprint density at radius 3 is 2.54 bits per heavy atom. The first-order chi connectivity index (χ1) is 13.2. The van der Waals surface area contributed by atoms with E-state index in [4.69, 9.17) is 9.73 Å². The highest BCUT2D eigenvalue weighted by Gasteiger charge is 2.40. The standard InChI is InChI=1S/C24H35N3O/c1-17-24(4,5)21-8-7-18(14-22(21)26(17)6)25-19-13-20(16-23(2,3)15-19)27-9-11-28-12-10-27/h7-8,13-14,17H,9-12,15-16H2,1-6H3/p+1/t17-/m1/s1. The molecule has 0 bridgehead atoms. The number of benzene rings is 1. The summed E-state index contributed by atoms with van der Waals surface area (Å²) in [5.74, 6) is 0. The molecule has 2 aliphatic heterocycles. The number of rotatable bonds is 2. The zero-order valence-corrected chi connectivity index (χ0v) is 18.4. The number of hydrogen-bond donors (Lipinski definition) is 1. The number of morpholine rings is 1. The number of nitrogens with zero attached hydrogens (tertiary/aromatic N) is 2. The predicted molar refractivity (Wildman–Crippen MR) is 117 cm³/mol. The van der Waals surface area contributed by atoms with Crippen LogP contribution in [0, 0.1) is 5.41 Å². The summed E-state index contributed by atoms with van der Waals surface area (Å²) in [5.41, 5.74) is 7.01. The van der Waals surface area contributed by atoms with Crippen molar-refractivity contribution in [2.45, 2.75) is 58.9 Å². The van der Waals surface area contributed by atoms with Crippen LogP contribution < -0.4 is 9.80 Å². The smallest absolute Gasteiger partial charge is 0.110 e. The van der Waals surface area contributed by atoms with Crippen molar-refractivity contribution >= 4 is 17.1 Å². The topological polar surface area (TPSA) is 29.3 Å². The third-order valence-corrected chi connectivity index (χ3v) is 7.17. The van der Waals surface area contributed by atoms with E-state index in [0.29, 0.717) is 6.04 Å². The highest BCUT2D eigenvalue weighted by Crippen LogP contribution is 2.45. The second-order valence-corrected chi connectivity index (χ2v) is 10.2. The van der Waals surface area contributed by atoms with Crippen LogP contribution in [0.2, 0.25) is 0 Å². The Hall–Kier alpha value is -1.65. The minimum absolute atomic E-state index is 0.176. The van der Waals surface area contributed by atoms with Crippen molar-refractivity contribution < 1.29 is 9.64 Å². The Morgan fingerprint density at radius 1 is 1.11 bits per heavy atom. The maximum atomic E-state index is 5.56. The lowest BCUT2D eigenvalue weighted by molar-refractivity contribution is -0.871. The van der Waals surface area contributed by atoms with E-state index in [9.17, 15) is 0 Å². The molecule has 0 radical (unpaired) electrons. The van der Waals surface area contributed by atoms with Gasteiger partial charge in [0.1, 0.15) is 18.8 Å². The molecule has 4 heteroatoms.